The summed E-state index contributed by atoms with van der Waals surface area (Å²) in [6.45, 7) is 1.87. The predicted molar refractivity (Wildman–Crippen MR) is 137 cm³/mol. The summed E-state index contributed by atoms with van der Waals surface area (Å²) in [6.07, 6.45) is 5.15. The zero-order chi connectivity index (χ0) is 24.4. The lowest BCUT2D eigenvalue weighted by Crippen LogP contribution is -2.17. The van der Waals surface area contributed by atoms with Crippen molar-refractivity contribution in [1.29, 1.82) is 0 Å². The van der Waals surface area contributed by atoms with Crippen molar-refractivity contribution in [3.63, 3.8) is 0 Å². The first-order valence-corrected chi connectivity index (χ1v) is 11.5. The number of benzene rings is 1. The predicted octanol–water partition coefficient (Wildman–Crippen LogP) is 5.36. The molecule has 6 nitrogen and oxygen atoms in total. The third kappa shape index (κ3) is 4.88. The lowest BCUT2D eigenvalue weighted by molar-refractivity contribution is -0.117. The van der Waals surface area contributed by atoms with Crippen LogP contribution in [0.3, 0.4) is 0 Å². The molecule has 0 bridgehead atoms. The van der Waals surface area contributed by atoms with Crippen LogP contribution >= 0.6 is 11.6 Å². The van der Waals surface area contributed by atoms with Gasteiger partial charge in [0.1, 0.15) is 16.6 Å². The van der Waals surface area contributed by atoms with Crippen molar-refractivity contribution in [3.8, 4) is 22.4 Å². The number of nitrogens with zero attached hydrogens (tertiary/aromatic N) is 3. The van der Waals surface area contributed by atoms with E-state index < -0.39 is 0 Å². The summed E-state index contributed by atoms with van der Waals surface area (Å²) < 4.78 is 0. The van der Waals surface area contributed by atoms with E-state index in [4.69, 9.17) is 16.6 Å². The molecule has 0 radical (unpaired) electrons. The summed E-state index contributed by atoms with van der Waals surface area (Å²) in [5.41, 5.74) is 5.42. The van der Waals surface area contributed by atoms with Gasteiger partial charge in [-0.2, -0.15) is 0 Å². The van der Waals surface area contributed by atoms with E-state index >= 15 is 0 Å². The largest absolute Gasteiger partial charge is 0.346 e. The molecule has 0 fully saturated rings. The molecule has 0 aliphatic rings. The molecule has 5 aromatic rings. The van der Waals surface area contributed by atoms with Gasteiger partial charge in [0.15, 0.2) is 5.43 Å². The Balaban J connectivity index is 1.62. The van der Waals surface area contributed by atoms with Crippen LogP contribution < -0.4 is 5.43 Å². The zero-order valence-corrected chi connectivity index (χ0v) is 19.7. The molecule has 1 N–H and O–H groups in total. The van der Waals surface area contributed by atoms with Gasteiger partial charge in [0, 0.05) is 53.8 Å². The Morgan fingerprint density at radius 3 is 2.54 bits per heavy atom. The Kier molecular flexibility index (Phi) is 6.21. The average Bonchev–Trinajstić information content (AvgIpc) is 2.86. The van der Waals surface area contributed by atoms with Gasteiger partial charge in [0.05, 0.1) is 11.1 Å². The molecule has 1 aromatic carbocycles. The molecule has 0 aliphatic carbocycles. The standard InChI is InChI=1S/C28H21ClN4O2/c1-17-10-20(13-25(29)32-17)23-14-24-27(35)21(12-22(34)11-18-6-5-9-30-15-18)16-31-28(24)33-26(23)19-7-3-2-4-8-19/h2-10,13-16H,11-12H2,1H3,(H,31,33,35). The summed E-state index contributed by atoms with van der Waals surface area (Å²) in [6, 6.07) is 18.9. The second-order valence-corrected chi connectivity index (χ2v) is 8.75. The quantitative estimate of drug-likeness (QED) is 0.330. The fourth-order valence-electron chi connectivity index (χ4n) is 4.15. The minimum absolute atomic E-state index is 0.0239. The first-order valence-electron chi connectivity index (χ1n) is 11.1. The van der Waals surface area contributed by atoms with Crippen LogP contribution in [0.1, 0.15) is 16.8 Å². The number of aromatic amines is 1. The van der Waals surface area contributed by atoms with E-state index in [1.807, 2.05) is 55.5 Å². The number of ketones is 1. The first-order chi connectivity index (χ1) is 17.0. The molecule has 0 saturated heterocycles. The van der Waals surface area contributed by atoms with Crippen molar-refractivity contribution in [2.45, 2.75) is 19.8 Å². The molecule has 4 heterocycles. The molecule has 172 valence electrons. The van der Waals surface area contributed by atoms with E-state index in [0.29, 0.717) is 21.7 Å². The number of hydrogen-bond donors (Lipinski definition) is 1. The van der Waals surface area contributed by atoms with E-state index in [2.05, 4.69) is 15.0 Å². The Bertz CT molecular complexity index is 1580. The van der Waals surface area contributed by atoms with Gasteiger partial charge in [0.25, 0.3) is 0 Å². The van der Waals surface area contributed by atoms with Gasteiger partial charge in [0.2, 0.25) is 0 Å². The van der Waals surface area contributed by atoms with Crippen LogP contribution in [0, 0.1) is 6.92 Å². The highest BCUT2D eigenvalue weighted by molar-refractivity contribution is 6.29. The molecule has 4 aromatic heterocycles. The first kappa shape index (κ1) is 22.6. The summed E-state index contributed by atoms with van der Waals surface area (Å²) >= 11 is 6.26. The van der Waals surface area contributed by atoms with Gasteiger partial charge in [-0.3, -0.25) is 14.6 Å². The average molecular weight is 481 g/mol. The Hall–Kier alpha value is -4.16. The molecule has 0 atom stereocenters. The normalized spacial score (nSPS) is 11.0. The number of Topliss-reactive ketones (excluding diaryl/α,β-unsaturated/α-hetero) is 1. The topological polar surface area (TPSA) is 88.6 Å². The van der Waals surface area contributed by atoms with E-state index in [1.165, 1.54) is 0 Å². The van der Waals surface area contributed by atoms with Crippen molar-refractivity contribution in [3.05, 3.63) is 111 Å². The van der Waals surface area contributed by atoms with Gasteiger partial charge >= 0.3 is 0 Å². The third-order valence-electron chi connectivity index (χ3n) is 5.73. The van der Waals surface area contributed by atoms with E-state index in [0.717, 1.165) is 33.6 Å². The van der Waals surface area contributed by atoms with E-state index in [9.17, 15) is 9.59 Å². The Morgan fingerprint density at radius 2 is 1.80 bits per heavy atom. The highest BCUT2D eigenvalue weighted by Gasteiger charge is 2.17. The van der Waals surface area contributed by atoms with E-state index in [-0.39, 0.29) is 24.1 Å². The smallest absolute Gasteiger partial charge is 0.194 e. The molecule has 0 spiro atoms. The molecule has 0 amide bonds. The van der Waals surface area contributed by atoms with Crippen molar-refractivity contribution in [1.82, 2.24) is 19.9 Å². The van der Waals surface area contributed by atoms with Crippen LogP contribution in [0.2, 0.25) is 5.15 Å². The third-order valence-corrected chi connectivity index (χ3v) is 5.93. The number of fused-ring (bicyclic) bond motifs is 1. The maximum absolute atomic E-state index is 13.4. The van der Waals surface area contributed by atoms with Crippen molar-refractivity contribution >= 4 is 28.4 Å². The number of pyridine rings is 4. The van der Waals surface area contributed by atoms with Crippen LogP contribution in [0.4, 0.5) is 0 Å². The number of halogens is 1. The number of rotatable bonds is 6. The van der Waals surface area contributed by atoms with Crippen LogP contribution in [0.15, 0.2) is 84.0 Å². The SMILES string of the molecule is Cc1cc(-c2cc3c(=O)c(CC(=O)Cc4cccnc4)c[nH]c3nc2-c2ccccc2)cc(Cl)n1. The molecular weight excluding hydrogens is 460 g/mol. The van der Waals surface area contributed by atoms with Crippen molar-refractivity contribution in [2.24, 2.45) is 0 Å². The van der Waals surface area contributed by atoms with Gasteiger partial charge in [-0.1, -0.05) is 48.0 Å². The molecule has 5 rings (SSSR count). The Labute approximate surface area is 206 Å². The number of nitrogens with one attached hydrogen (secondary N) is 1. The van der Waals surface area contributed by atoms with Crippen LogP contribution in [0.25, 0.3) is 33.4 Å². The van der Waals surface area contributed by atoms with Crippen molar-refractivity contribution < 1.29 is 4.79 Å². The molecule has 0 saturated carbocycles. The minimum Gasteiger partial charge on any atom is -0.346 e. The van der Waals surface area contributed by atoms with Gasteiger partial charge in [-0.05, 0) is 42.3 Å². The van der Waals surface area contributed by atoms with Gasteiger partial charge in [-0.15, -0.1) is 0 Å². The van der Waals surface area contributed by atoms with E-state index in [1.54, 1.807) is 30.7 Å². The van der Waals surface area contributed by atoms with Gasteiger partial charge in [-0.25, -0.2) is 9.97 Å². The lowest BCUT2D eigenvalue weighted by Gasteiger charge is -2.13. The maximum atomic E-state index is 13.4. The van der Waals surface area contributed by atoms with Gasteiger partial charge < -0.3 is 4.98 Å². The number of aryl methyl sites for hydroxylation is 1. The summed E-state index contributed by atoms with van der Waals surface area (Å²) in [5.74, 6) is -0.0616. The Morgan fingerprint density at radius 1 is 0.971 bits per heavy atom. The zero-order valence-electron chi connectivity index (χ0n) is 19.0. The minimum atomic E-state index is -0.219. The van der Waals surface area contributed by atoms with Crippen LogP contribution in [-0.2, 0) is 17.6 Å². The molecule has 0 aliphatic heterocycles. The summed E-state index contributed by atoms with van der Waals surface area (Å²) in [5, 5.41) is 0.778. The highest BCUT2D eigenvalue weighted by Crippen LogP contribution is 2.33. The van der Waals surface area contributed by atoms with Crippen LogP contribution in [-0.4, -0.2) is 25.7 Å². The van der Waals surface area contributed by atoms with Crippen LogP contribution in [0.5, 0.6) is 0 Å². The number of aromatic nitrogens is 4. The molecular formula is C28H21ClN4O2. The molecule has 0 unspecified atom stereocenters. The fraction of sp³-hybridized carbons (Fsp3) is 0.107. The number of carbonyl (C=O) groups is 1. The van der Waals surface area contributed by atoms with Crippen molar-refractivity contribution in [2.75, 3.05) is 0 Å². The lowest BCUT2D eigenvalue weighted by atomic mass is 9.97. The second-order valence-electron chi connectivity index (χ2n) is 8.36. The summed E-state index contributed by atoms with van der Waals surface area (Å²) in [4.78, 5) is 42.3. The monoisotopic (exact) mass is 480 g/mol. The number of hydrogen-bond acceptors (Lipinski definition) is 5. The number of carbonyl (C=O) groups excluding carboxylic acids is 1. The fourth-order valence-corrected chi connectivity index (χ4v) is 4.40. The number of H-pyrrole nitrogens is 1. The maximum Gasteiger partial charge on any atom is 0.194 e. The highest BCUT2D eigenvalue weighted by atomic mass is 35.5. The second kappa shape index (κ2) is 9.60. The molecule has 35 heavy (non-hydrogen) atoms. The summed E-state index contributed by atoms with van der Waals surface area (Å²) in [7, 11) is 0. The molecule has 7 heteroatoms.